The van der Waals surface area contributed by atoms with Gasteiger partial charge in [-0.1, -0.05) is 0 Å². The normalized spacial score (nSPS) is 27.9. The maximum atomic E-state index is 10.4. The Morgan fingerprint density at radius 1 is 0.964 bits per heavy atom. The van der Waals surface area contributed by atoms with Crippen LogP contribution in [0.3, 0.4) is 0 Å². The van der Waals surface area contributed by atoms with Gasteiger partial charge in [0.15, 0.2) is 0 Å². The Balaban J connectivity index is 1.66. The van der Waals surface area contributed by atoms with Crippen LogP contribution < -0.4 is 16.4 Å². The number of hydrogen-bond acceptors (Lipinski definition) is 8. The molecular weight excluding hydrogens is 358 g/mol. The number of aliphatic hydroxyl groups excluding tert-OH is 2. The number of rotatable bonds is 3. The number of benzene rings is 1. The van der Waals surface area contributed by atoms with Crippen LogP contribution in [-0.4, -0.2) is 56.6 Å². The zero-order chi connectivity index (χ0) is 19.8. The van der Waals surface area contributed by atoms with E-state index in [0.717, 1.165) is 37.1 Å². The molecule has 150 valence electrons. The van der Waals surface area contributed by atoms with Crippen molar-refractivity contribution in [3.8, 4) is 17.0 Å². The molecule has 1 aromatic carbocycles. The van der Waals surface area contributed by atoms with Gasteiger partial charge in [-0.2, -0.15) is 0 Å². The summed E-state index contributed by atoms with van der Waals surface area (Å²) >= 11 is 0. The van der Waals surface area contributed by atoms with Crippen molar-refractivity contribution in [2.45, 2.75) is 49.9 Å². The van der Waals surface area contributed by atoms with Crippen molar-refractivity contribution >= 4 is 11.6 Å². The average Bonchev–Trinajstić information content (AvgIpc) is 3.01. The highest BCUT2D eigenvalue weighted by atomic mass is 16.3. The highest BCUT2D eigenvalue weighted by Gasteiger charge is 2.30. The number of nitrogen functional groups attached to an aromatic ring is 1. The summed E-state index contributed by atoms with van der Waals surface area (Å²) in [7, 11) is 0. The number of phenolic OH excluding ortho intramolecular Hbond substituents is 1. The standard InChI is InChI=1S/C20H27N5O3/c21-12-3-1-11(2-4-12)15-8-16(24-20(22)23-15)14-7-13(5-6-17(14)26)25-9-18(27)19(28)10-25/h5-8,11-12,18-19,26-28H,1-4,9-10,21H2,(H2,22,23,24)/t11?,12?,18-,19-/m0/s1. The van der Waals surface area contributed by atoms with E-state index in [0.29, 0.717) is 24.3 Å². The molecule has 2 aromatic rings. The third kappa shape index (κ3) is 3.76. The number of phenols is 1. The molecule has 0 bridgehead atoms. The molecule has 2 atom stereocenters. The van der Waals surface area contributed by atoms with E-state index in [1.54, 1.807) is 12.1 Å². The Bertz CT molecular complexity index is 844. The van der Waals surface area contributed by atoms with E-state index in [2.05, 4.69) is 9.97 Å². The Morgan fingerprint density at radius 3 is 2.32 bits per heavy atom. The molecule has 8 heteroatoms. The molecule has 7 N–H and O–H groups in total. The van der Waals surface area contributed by atoms with Crippen LogP contribution in [0.2, 0.25) is 0 Å². The second kappa shape index (κ2) is 7.54. The van der Waals surface area contributed by atoms with Crippen LogP contribution in [0.25, 0.3) is 11.3 Å². The second-order valence-electron chi connectivity index (χ2n) is 7.89. The first kappa shape index (κ1) is 18.9. The van der Waals surface area contributed by atoms with Gasteiger partial charge in [-0.25, -0.2) is 9.97 Å². The second-order valence-corrected chi connectivity index (χ2v) is 7.89. The first-order valence-electron chi connectivity index (χ1n) is 9.75. The molecule has 0 spiro atoms. The molecule has 1 aliphatic heterocycles. The minimum Gasteiger partial charge on any atom is -0.507 e. The lowest BCUT2D eigenvalue weighted by molar-refractivity contribution is 0.0572. The number of nitrogens with two attached hydrogens (primary N) is 2. The molecule has 2 aliphatic rings. The summed E-state index contributed by atoms with van der Waals surface area (Å²) < 4.78 is 0. The molecule has 1 saturated heterocycles. The Labute approximate surface area is 163 Å². The number of anilines is 2. The molecule has 4 rings (SSSR count). The maximum Gasteiger partial charge on any atom is 0.220 e. The predicted molar refractivity (Wildman–Crippen MR) is 107 cm³/mol. The third-order valence-corrected chi connectivity index (χ3v) is 5.83. The smallest absolute Gasteiger partial charge is 0.220 e. The Morgan fingerprint density at radius 2 is 1.64 bits per heavy atom. The quantitative estimate of drug-likeness (QED) is 0.526. The van der Waals surface area contributed by atoms with Crippen LogP contribution in [0.4, 0.5) is 11.6 Å². The molecule has 8 nitrogen and oxygen atoms in total. The van der Waals surface area contributed by atoms with Crippen molar-refractivity contribution in [1.82, 2.24) is 9.97 Å². The van der Waals surface area contributed by atoms with Crippen molar-refractivity contribution < 1.29 is 15.3 Å². The molecule has 2 fully saturated rings. The van der Waals surface area contributed by atoms with Gasteiger partial charge in [0.05, 0.1) is 17.9 Å². The van der Waals surface area contributed by atoms with E-state index < -0.39 is 12.2 Å². The lowest BCUT2D eigenvalue weighted by Crippen LogP contribution is -2.26. The summed E-state index contributed by atoms with van der Waals surface area (Å²) in [5.74, 6) is 0.566. The van der Waals surface area contributed by atoms with E-state index in [-0.39, 0.29) is 23.7 Å². The van der Waals surface area contributed by atoms with E-state index >= 15 is 0 Å². The lowest BCUT2D eigenvalue weighted by Gasteiger charge is -2.26. The minimum atomic E-state index is -0.781. The Hall–Kier alpha value is -2.42. The largest absolute Gasteiger partial charge is 0.507 e. The van der Waals surface area contributed by atoms with E-state index in [4.69, 9.17) is 11.5 Å². The molecule has 1 aliphatic carbocycles. The molecule has 28 heavy (non-hydrogen) atoms. The van der Waals surface area contributed by atoms with Gasteiger partial charge in [0.2, 0.25) is 5.95 Å². The number of aliphatic hydroxyl groups is 2. The van der Waals surface area contributed by atoms with Gasteiger partial charge in [0.25, 0.3) is 0 Å². The number of aromatic hydroxyl groups is 1. The highest BCUT2D eigenvalue weighted by molar-refractivity contribution is 5.73. The summed E-state index contributed by atoms with van der Waals surface area (Å²) in [5, 5.41) is 30.1. The van der Waals surface area contributed by atoms with Crippen molar-refractivity contribution in [2.24, 2.45) is 5.73 Å². The average molecular weight is 385 g/mol. The summed E-state index contributed by atoms with van der Waals surface area (Å²) in [6.07, 6.45) is 2.29. The summed E-state index contributed by atoms with van der Waals surface area (Å²) in [4.78, 5) is 10.6. The molecule has 0 unspecified atom stereocenters. The van der Waals surface area contributed by atoms with Crippen molar-refractivity contribution in [2.75, 3.05) is 23.7 Å². The third-order valence-electron chi connectivity index (χ3n) is 5.83. The van der Waals surface area contributed by atoms with Gasteiger partial charge in [-0.05, 0) is 49.9 Å². The fourth-order valence-corrected chi connectivity index (χ4v) is 4.15. The zero-order valence-electron chi connectivity index (χ0n) is 15.7. The van der Waals surface area contributed by atoms with Crippen LogP contribution in [-0.2, 0) is 0 Å². The first-order valence-corrected chi connectivity index (χ1v) is 9.75. The van der Waals surface area contributed by atoms with Gasteiger partial charge >= 0.3 is 0 Å². The monoisotopic (exact) mass is 385 g/mol. The van der Waals surface area contributed by atoms with Gasteiger partial charge in [-0.15, -0.1) is 0 Å². The summed E-state index contributed by atoms with van der Waals surface area (Å²) in [5.41, 5.74) is 14.8. The van der Waals surface area contributed by atoms with Crippen LogP contribution in [0, 0.1) is 0 Å². The van der Waals surface area contributed by atoms with Gasteiger partial charge in [0, 0.05) is 42.0 Å². The predicted octanol–water partition coefficient (Wildman–Crippen LogP) is 0.958. The van der Waals surface area contributed by atoms with Crippen molar-refractivity contribution in [1.29, 1.82) is 0 Å². The molecule has 0 amide bonds. The van der Waals surface area contributed by atoms with Crippen LogP contribution in [0.15, 0.2) is 24.3 Å². The van der Waals surface area contributed by atoms with Gasteiger partial charge in [-0.3, -0.25) is 0 Å². The zero-order valence-corrected chi connectivity index (χ0v) is 15.7. The van der Waals surface area contributed by atoms with Crippen LogP contribution in [0.1, 0.15) is 37.3 Å². The van der Waals surface area contributed by atoms with E-state index in [1.807, 2.05) is 17.0 Å². The molecule has 1 saturated carbocycles. The summed E-state index contributed by atoms with van der Waals surface area (Å²) in [6, 6.07) is 7.31. The topological polar surface area (TPSA) is 142 Å². The van der Waals surface area contributed by atoms with Crippen LogP contribution >= 0.6 is 0 Å². The molecule has 2 heterocycles. The molecular formula is C20H27N5O3. The van der Waals surface area contributed by atoms with Crippen molar-refractivity contribution in [3.63, 3.8) is 0 Å². The number of β-amino-alcohol motifs (C(OH)–C–C–N with tert-alkyl or cyclic N) is 2. The van der Waals surface area contributed by atoms with Crippen molar-refractivity contribution in [3.05, 3.63) is 30.0 Å². The number of nitrogens with zero attached hydrogens (tertiary/aromatic N) is 3. The fraction of sp³-hybridized carbons (Fsp3) is 0.500. The highest BCUT2D eigenvalue weighted by Crippen LogP contribution is 2.37. The SMILES string of the molecule is Nc1nc(-c2cc(N3C[C@H](O)[C@@H](O)C3)ccc2O)cc(C2CCC(N)CC2)n1. The maximum absolute atomic E-state index is 10.4. The number of aromatic nitrogens is 2. The van der Waals surface area contributed by atoms with Gasteiger partial charge in [0.1, 0.15) is 5.75 Å². The lowest BCUT2D eigenvalue weighted by atomic mass is 9.84. The minimum absolute atomic E-state index is 0.0961. The van der Waals surface area contributed by atoms with Crippen LogP contribution in [0.5, 0.6) is 5.75 Å². The fourth-order valence-electron chi connectivity index (χ4n) is 4.15. The number of hydrogen-bond donors (Lipinski definition) is 5. The van der Waals surface area contributed by atoms with E-state index in [1.165, 1.54) is 0 Å². The Kier molecular flexibility index (Phi) is 5.09. The summed E-state index contributed by atoms with van der Waals surface area (Å²) in [6.45, 7) is 0.676. The first-order chi connectivity index (χ1) is 13.4. The van der Waals surface area contributed by atoms with E-state index in [9.17, 15) is 15.3 Å². The molecule has 0 radical (unpaired) electrons. The molecule has 1 aromatic heterocycles. The van der Waals surface area contributed by atoms with Gasteiger partial charge < -0.3 is 31.7 Å².